The third-order valence-corrected chi connectivity index (χ3v) is 17.8. The van der Waals surface area contributed by atoms with Crippen LogP contribution in [0.2, 0.25) is 0 Å². The van der Waals surface area contributed by atoms with Gasteiger partial charge in [0.1, 0.15) is 49.0 Å². The first kappa shape index (κ1) is 63.1. The zero-order valence-corrected chi connectivity index (χ0v) is 50.1. The molecule has 7 amide bonds. The van der Waals surface area contributed by atoms with E-state index in [1.54, 1.807) is 68.1 Å². The number of hydrogen-bond donors (Lipinski definition) is 5. The molecule has 2 aromatic carbocycles. The molecule has 6 rings (SSSR count). The molecule has 4 saturated heterocycles. The Morgan fingerprint density at radius 2 is 1.14 bits per heavy atom. The number of carbonyl (C=O) groups excluding carboxylic acids is 6. The van der Waals surface area contributed by atoms with Crippen molar-refractivity contribution >= 4 is 82.5 Å². The number of carbonyl (C=O) groups is 7. The van der Waals surface area contributed by atoms with Crippen LogP contribution in [-0.2, 0) is 38.2 Å². The van der Waals surface area contributed by atoms with Crippen LogP contribution in [0.25, 0.3) is 0 Å². The number of nitrogens with zero attached hydrogens (tertiary/aromatic N) is 4. The van der Waals surface area contributed by atoms with Crippen LogP contribution >= 0.6 is 35.7 Å². The summed E-state index contributed by atoms with van der Waals surface area (Å²) in [7, 11) is 2.89. The number of thioether (sulfide) groups is 2. The summed E-state index contributed by atoms with van der Waals surface area (Å²) in [4.78, 5) is 101. The first-order valence-electron chi connectivity index (χ1n) is 26.9. The first-order valence-corrected chi connectivity index (χ1v) is 29.4. The number of fused-ring (bicyclic) bond motifs is 2. The first-order chi connectivity index (χ1) is 37.7. The fraction of sp³-hybridized carbons (Fsp3) is 0.586. The van der Waals surface area contributed by atoms with Gasteiger partial charge in [0.2, 0.25) is 29.5 Å². The van der Waals surface area contributed by atoms with E-state index in [1.807, 2.05) is 88.4 Å². The molecule has 22 heteroatoms. The van der Waals surface area contributed by atoms with Gasteiger partial charge >= 0.3 is 12.2 Å². The molecule has 0 aliphatic carbocycles. The van der Waals surface area contributed by atoms with Gasteiger partial charge in [0, 0.05) is 14.1 Å². The SMILES string of the molecule is C[C@@H](C(=O)N[C@H]1CCS[C@H]2CC(C)(C)[C@@H](C(=O)N[C@H](COCC#CC#CCOC[C@@H](NC(=O)[C@H]3N4C(=O)[C@@H](NC(=S)[C@H](C)N(C)C(=O)OC(C)(C)C)CCS[C@H]4CC3(C)C)c3ccccc3)c3ccccc3)N2C1=O)N(C)C(=O)O. The minimum absolute atomic E-state index is 0.00355. The zero-order chi connectivity index (χ0) is 58.7. The lowest BCUT2D eigenvalue weighted by Crippen LogP contribution is -2.58. The molecule has 19 nitrogen and oxygen atoms in total. The van der Waals surface area contributed by atoms with Crippen molar-refractivity contribution in [1.82, 2.24) is 40.9 Å². The van der Waals surface area contributed by atoms with E-state index in [0.29, 0.717) is 42.2 Å². The van der Waals surface area contributed by atoms with E-state index in [4.69, 9.17) is 26.4 Å². The van der Waals surface area contributed by atoms with Crippen LogP contribution in [0.4, 0.5) is 9.59 Å². The Morgan fingerprint density at radius 1 is 0.713 bits per heavy atom. The van der Waals surface area contributed by atoms with Gasteiger partial charge in [0.15, 0.2) is 0 Å². The third-order valence-electron chi connectivity index (χ3n) is 14.8. The van der Waals surface area contributed by atoms with E-state index in [0.717, 1.165) is 16.0 Å². The molecule has 0 radical (unpaired) electrons. The van der Waals surface area contributed by atoms with Crippen molar-refractivity contribution in [1.29, 1.82) is 0 Å². The highest BCUT2D eigenvalue weighted by Crippen LogP contribution is 2.48. The zero-order valence-electron chi connectivity index (χ0n) is 47.7. The molecule has 0 saturated carbocycles. The van der Waals surface area contributed by atoms with Crippen LogP contribution in [-0.4, -0.2) is 176 Å². The average Bonchev–Trinajstić information content (AvgIpc) is 4.01. The predicted molar refractivity (Wildman–Crippen MR) is 312 cm³/mol. The van der Waals surface area contributed by atoms with Crippen LogP contribution in [0, 0.1) is 34.5 Å². The molecule has 0 bridgehead atoms. The number of likely N-dealkylation sites (N-methyl/N-ethyl adjacent to an activating group) is 2. The molecule has 0 spiro atoms. The maximum Gasteiger partial charge on any atom is 0.410 e. The molecule has 434 valence electrons. The van der Waals surface area contributed by atoms with Crippen molar-refractivity contribution in [2.75, 3.05) is 52.0 Å². The van der Waals surface area contributed by atoms with Gasteiger partial charge in [0.05, 0.1) is 47.1 Å². The predicted octanol–water partition coefficient (Wildman–Crippen LogP) is 5.95. The number of ether oxygens (including phenoxy) is 3. The highest BCUT2D eigenvalue weighted by atomic mass is 32.2. The van der Waals surface area contributed by atoms with E-state index < -0.39 is 88.8 Å². The molecule has 4 aliphatic rings. The van der Waals surface area contributed by atoms with E-state index in [1.165, 1.54) is 18.9 Å². The summed E-state index contributed by atoms with van der Waals surface area (Å²) in [6, 6.07) is 12.7. The normalized spacial score (nSPS) is 23.5. The fourth-order valence-electron chi connectivity index (χ4n) is 10.2. The quantitative estimate of drug-likeness (QED) is 0.0661. The van der Waals surface area contributed by atoms with Crippen molar-refractivity contribution in [2.24, 2.45) is 10.8 Å². The Labute approximate surface area is 484 Å². The molecule has 0 aromatic heterocycles. The molecule has 5 N–H and O–H groups in total. The smallest absolute Gasteiger partial charge is 0.410 e. The Bertz CT molecular complexity index is 2710. The number of hydrogen-bond acceptors (Lipinski definition) is 13. The van der Waals surface area contributed by atoms with Crippen LogP contribution in [0.15, 0.2) is 60.7 Å². The average molecular weight is 1160 g/mol. The number of amides is 7. The summed E-state index contributed by atoms with van der Waals surface area (Å²) in [5.74, 6) is 10.7. The Morgan fingerprint density at radius 3 is 1.55 bits per heavy atom. The molecular formula is C58H78N8O11S3. The number of carboxylic acid groups (broad SMARTS) is 1. The lowest BCUT2D eigenvalue weighted by Gasteiger charge is -2.36. The van der Waals surface area contributed by atoms with Gasteiger partial charge in [-0.2, -0.15) is 0 Å². The van der Waals surface area contributed by atoms with Crippen molar-refractivity contribution in [3.8, 4) is 23.7 Å². The molecule has 4 fully saturated rings. The van der Waals surface area contributed by atoms with Crippen molar-refractivity contribution < 1.29 is 52.9 Å². The summed E-state index contributed by atoms with van der Waals surface area (Å²) in [5.41, 5.74) is -0.293. The molecule has 4 heterocycles. The number of nitrogens with one attached hydrogen (secondary N) is 4. The maximum atomic E-state index is 14.6. The number of thiocarbonyl (C=S) groups is 1. The van der Waals surface area contributed by atoms with Crippen molar-refractivity contribution in [3.63, 3.8) is 0 Å². The van der Waals surface area contributed by atoms with E-state index in [9.17, 15) is 38.7 Å². The maximum absolute atomic E-state index is 14.6. The second-order valence-electron chi connectivity index (χ2n) is 22.9. The summed E-state index contributed by atoms with van der Waals surface area (Å²) >= 11 is 8.95. The van der Waals surface area contributed by atoms with Crippen molar-refractivity contribution in [2.45, 2.75) is 153 Å². The molecular weight excluding hydrogens is 1080 g/mol. The van der Waals surface area contributed by atoms with Crippen LogP contribution in [0.5, 0.6) is 0 Å². The van der Waals surface area contributed by atoms with Gasteiger partial charge in [0.25, 0.3) is 0 Å². The standard InChI is InChI=1S/C58H78N8O11S3/c1-36(63(10)54(72)73)48(67)59-40-26-30-79-44-32-57(6,7)46(65(44)52(40)70)49(68)60-42(38-22-16-14-17-23-38)34-75-28-20-12-13-21-29-76-35-43(39-24-18-15-19-25-39)61-50(69)47-58(8,9)33-45-66(47)53(71)41(27-31-80-45)62-51(78)37(2)64(11)55(74)77-56(3,4)5/h14-19,22-25,36-37,40-47H,26-35H2,1-11H3,(H,59,67)(H,60,68)(H,61,69)(H,62,78)(H,72,73)/t36-,37-,40-,41-,42+,43+,44-,45-,46+,47+/m0/s1. The summed E-state index contributed by atoms with van der Waals surface area (Å²) < 4.78 is 17.5. The molecule has 2 aromatic rings. The van der Waals surface area contributed by atoms with Gasteiger partial charge in [-0.3, -0.25) is 28.9 Å². The van der Waals surface area contributed by atoms with Gasteiger partial charge in [-0.25, -0.2) is 9.59 Å². The topological polar surface area (TPSA) is 228 Å². The number of benzene rings is 2. The molecule has 4 aliphatic heterocycles. The van der Waals surface area contributed by atoms with Gasteiger partial charge in [-0.05, 0) is 106 Å². The second kappa shape index (κ2) is 27.6. The van der Waals surface area contributed by atoms with Gasteiger partial charge in [-0.1, -0.05) is 112 Å². The third kappa shape index (κ3) is 16.1. The monoisotopic (exact) mass is 1160 g/mol. The molecule has 10 atom stereocenters. The molecule has 0 unspecified atom stereocenters. The number of rotatable bonds is 18. The van der Waals surface area contributed by atoms with E-state index in [2.05, 4.69) is 44.9 Å². The highest BCUT2D eigenvalue weighted by Gasteiger charge is 2.56. The Kier molecular flexibility index (Phi) is 21.8. The van der Waals surface area contributed by atoms with Crippen LogP contribution < -0.4 is 21.3 Å². The molecule has 80 heavy (non-hydrogen) atoms. The lowest BCUT2D eigenvalue weighted by atomic mass is 9.83. The Balaban J connectivity index is 1.04. The minimum atomic E-state index is -1.27. The van der Waals surface area contributed by atoms with Crippen LogP contribution in [0.3, 0.4) is 0 Å². The summed E-state index contributed by atoms with van der Waals surface area (Å²) in [5, 5.41) is 21.2. The summed E-state index contributed by atoms with van der Waals surface area (Å²) in [6.45, 7) is 16.6. The minimum Gasteiger partial charge on any atom is -0.465 e. The van der Waals surface area contributed by atoms with Gasteiger partial charge in [-0.15, -0.1) is 23.5 Å². The van der Waals surface area contributed by atoms with Crippen molar-refractivity contribution in [3.05, 3.63) is 71.8 Å². The van der Waals surface area contributed by atoms with Crippen LogP contribution in [0.1, 0.15) is 111 Å². The van der Waals surface area contributed by atoms with Gasteiger partial charge < -0.3 is 55.3 Å². The fourth-order valence-corrected chi connectivity index (χ4v) is 13.7. The highest BCUT2D eigenvalue weighted by molar-refractivity contribution is 8.00. The lowest BCUT2D eigenvalue weighted by molar-refractivity contribution is -0.144. The second-order valence-corrected chi connectivity index (χ2v) is 26.0. The summed E-state index contributed by atoms with van der Waals surface area (Å²) in [6.07, 6.45) is 0.168. The largest absolute Gasteiger partial charge is 0.465 e. The van der Waals surface area contributed by atoms with E-state index >= 15 is 0 Å². The Hall–Kier alpha value is -6.04. The van der Waals surface area contributed by atoms with E-state index in [-0.39, 0.29) is 54.9 Å².